The van der Waals surface area contributed by atoms with E-state index >= 15 is 0 Å². The summed E-state index contributed by atoms with van der Waals surface area (Å²) in [5.41, 5.74) is -0.447. The van der Waals surface area contributed by atoms with Gasteiger partial charge in [-0.15, -0.1) is 0 Å². The predicted molar refractivity (Wildman–Crippen MR) is 92.7 cm³/mol. The first-order chi connectivity index (χ1) is 17.3. The molecule has 1 rings (SSSR count). The fourth-order valence-electron chi connectivity index (χ4n) is 2.39. The number of nitrogens with zero attached hydrogens (tertiary/aromatic N) is 2. The zero-order valence-corrected chi connectivity index (χ0v) is 18.6. The molecule has 1 aromatic rings. The van der Waals surface area contributed by atoms with E-state index in [-0.39, 0.29) is 0 Å². The lowest BCUT2D eigenvalue weighted by molar-refractivity contribution is -0.348. The maximum absolute atomic E-state index is 13.5. The Balaban J connectivity index is 2.92. The molecule has 1 atom stereocenters. The molecule has 0 aliphatic rings. The third kappa shape index (κ3) is 6.81. The minimum atomic E-state index is -6.87. The fraction of sp³-hybridized carbons (Fsp3) is 0.647. The molecule has 0 aromatic carbocycles. The Hall–Kier alpha value is -3.36. The number of imidazole rings is 1. The van der Waals surface area contributed by atoms with E-state index in [2.05, 4.69) is 14.5 Å². The van der Waals surface area contributed by atoms with Gasteiger partial charge in [-0.1, -0.05) is 0 Å². The van der Waals surface area contributed by atoms with Gasteiger partial charge in [-0.05, 0) is 0 Å². The number of hydrogen-bond acceptors (Lipinski definition) is 6. The summed E-state index contributed by atoms with van der Waals surface area (Å²) in [6, 6.07) is -2.35. The first-order valence-corrected chi connectivity index (χ1v) is 9.56. The third-order valence-corrected chi connectivity index (χ3v) is 4.52. The molecule has 0 bridgehead atoms. The molecule has 0 radical (unpaired) electrons. The molecule has 1 aromatic heterocycles. The summed E-state index contributed by atoms with van der Waals surface area (Å²) in [5, 5.41) is 0.937. The van der Waals surface area contributed by atoms with Crippen molar-refractivity contribution in [3.05, 3.63) is 18.2 Å². The van der Waals surface area contributed by atoms with E-state index in [0.717, 1.165) is 16.1 Å². The van der Waals surface area contributed by atoms with E-state index in [1.54, 1.807) is 0 Å². The lowest BCUT2D eigenvalue weighted by Crippen LogP contribution is -2.61. The summed E-state index contributed by atoms with van der Waals surface area (Å²) in [6.07, 6.45) is -13.2. The number of esters is 2. The van der Waals surface area contributed by atoms with Crippen molar-refractivity contribution in [3.8, 4) is 0 Å². The summed E-state index contributed by atoms with van der Waals surface area (Å²) in [4.78, 5) is 37.8. The van der Waals surface area contributed by atoms with E-state index in [4.69, 9.17) is 0 Å². The summed E-state index contributed by atoms with van der Waals surface area (Å²) in [6.45, 7) is -2.05. The van der Waals surface area contributed by atoms with Crippen LogP contribution < -0.4 is 5.32 Å². The number of carbonyl (C=O) groups excluding carboxylic acids is 3. The van der Waals surface area contributed by atoms with Crippen molar-refractivity contribution in [3.63, 3.8) is 0 Å². The van der Waals surface area contributed by atoms with E-state index < -0.39 is 85.2 Å². The molecule has 39 heavy (non-hydrogen) atoms. The molecule has 0 aliphatic carbocycles. The van der Waals surface area contributed by atoms with Crippen molar-refractivity contribution in [1.29, 1.82) is 0 Å². The van der Waals surface area contributed by atoms with Crippen molar-refractivity contribution in [2.45, 2.75) is 55.1 Å². The zero-order valence-electron chi connectivity index (χ0n) is 18.6. The molecule has 0 spiro atoms. The monoisotopic (exact) mass is 605 g/mol. The van der Waals surface area contributed by atoms with Gasteiger partial charge in [0.25, 0.3) is 5.91 Å². The number of amides is 1. The lowest BCUT2D eigenvalue weighted by atomic mass is 10.1. The largest absolute Gasteiger partial charge is 0.467 e. The van der Waals surface area contributed by atoms with Crippen LogP contribution in [0.4, 0.5) is 61.5 Å². The molecule has 0 aliphatic heterocycles. The second-order valence-corrected chi connectivity index (χ2v) is 7.29. The van der Waals surface area contributed by atoms with Crippen LogP contribution in [-0.4, -0.2) is 83.2 Å². The standard InChI is InChI=1S/C17H13F14N3O5/c1-38-9(35)8(33-10(36)12(18,19)14(22,23)16(26,27)28)4-7-5-34(6-32-7)2-3-39-11(37)13(20,21)15(24,25)17(29,30)31/h5-6,8H,2-4H2,1H3,(H,33,36)/t8-/m0/s1. The summed E-state index contributed by atoms with van der Waals surface area (Å²) >= 11 is 0. The number of aromatic nitrogens is 2. The Labute approximate surface area is 206 Å². The molecule has 8 nitrogen and oxygen atoms in total. The number of hydrogen-bond donors (Lipinski definition) is 1. The number of rotatable bonds is 11. The van der Waals surface area contributed by atoms with Gasteiger partial charge < -0.3 is 19.4 Å². The SMILES string of the molecule is COC(=O)[C@H](Cc1cn(CCOC(=O)C(F)(F)C(F)(F)C(F)(F)F)cn1)NC(=O)C(F)(F)C(F)(F)C(F)(F)F. The van der Waals surface area contributed by atoms with Crippen LogP contribution in [0.5, 0.6) is 0 Å². The maximum atomic E-state index is 13.5. The van der Waals surface area contributed by atoms with Gasteiger partial charge in [0.15, 0.2) is 0 Å². The Morgan fingerprint density at radius 2 is 1.36 bits per heavy atom. The van der Waals surface area contributed by atoms with Crippen LogP contribution >= 0.6 is 0 Å². The Morgan fingerprint density at radius 3 is 1.82 bits per heavy atom. The average Bonchev–Trinajstić information content (AvgIpc) is 3.23. The van der Waals surface area contributed by atoms with Gasteiger partial charge in [-0.2, -0.15) is 61.5 Å². The Kier molecular flexibility index (Phi) is 9.51. The number of carbonyl (C=O) groups is 3. The zero-order chi connectivity index (χ0) is 30.8. The fourth-order valence-corrected chi connectivity index (χ4v) is 2.39. The molecular formula is C17H13F14N3O5. The van der Waals surface area contributed by atoms with Crippen LogP contribution in [0.1, 0.15) is 5.69 Å². The highest BCUT2D eigenvalue weighted by Gasteiger charge is 2.77. The topological polar surface area (TPSA) is 99.5 Å². The van der Waals surface area contributed by atoms with Gasteiger partial charge in [0.05, 0.1) is 25.7 Å². The predicted octanol–water partition coefficient (Wildman–Crippen LogP) is 3.29. The Bertz CT molecular complexity index is 1050. The van der Waals surface area contributed by atoms with Crippen LogP contribution in [-0.2, 0) is 36.8 Å². The average molecular weight is 605 g/mol. The molecule has 0 fully saturated rings. The first kappa shape index (κ1) is 33.7. The van der Waals surface area contributed by atoms with Crippen molar-refractivity contribution in [1.82, 2.24) is 14.9 Å². The van der Waals surface area contributed by atoms with Crippen LogP contribution in [0, 0.1) is 0 Å². The highest BCUT2D eigenvalue weighted by atomic mass is 19.4. The van der Waals surface area contributed by atoms with Gasteiger partial charge in [-0.25, -0.2) is 14.6 Å². The molecule has 1 heterocycles. The summed E-state index contributed by atoms with van der Waals surface area (Å²) in [7, 11) is 0.606. The summed E-state index contributed by atoms with van der Waals surface area (Å²) < 4.78 is 187. The number of ether oxygens (including phenoxy) is 2. The molecule has 0 saturated carbocycles. The highest BCUT2D eigenvalue weighted by Crippen LogP contribution is 2.47. The highest BCUT2D eigenvalue weighted by molar-refractivity contribution is 5.89. The quantitative estimate of drug-likeness (QED) is 0.307. The van der Waals surface area contributed by atoms with Crippen molar-refractivity contribution in [2.75, 3.05) is 13.7 Å². The molecule has 0 saturated heterocycles. The number of alkyl halides is 14. The van der Waals surface area contributed by atoms with Crippen LogP contribution in [0.25, 0.3) is 0 Å². The molecule has 0 unspecified atom stereocenters. The molecular weight excluding hydrogens is 592 g/mol. The minimum absolute atomic E-state index is 0.447. The van der Waals surface area contributed by atoms with Crippen LogP contribution in [0.2, 0.25) is 0 Å². The minimum Gasteiger partial charge on any atom is -0.467 e. The van der Waals surface area contributed by atoms with E-state index in [1.807, 2.05) is 0 Å². The van der Waals surface area contributed by atoms with Gasteiger partial charge >= 0.3 is 48.0 Å². The van der Waals surface area contributed by atoms with Gasteiger partial charge in [0.1, 0.15) is 12.6 Å². The number of nitrogens with one attached hydrogen (secondary N) is 1. The molecule has 1 N–H and O–H groups in total. The number of methoxy groups -OCH3 is 1. The normalized spacial score (nSPS) is 14.5. The van der Waals surface area contributed by atoms with E-state index in [9.17, 15) is 75.8 Å². The molecule has 224 valence electrons. The maximum Gasteiger partial charge on any atom is 0.460 e. The van der Waals surface area contributed by atoms with Gasteiger partial charge in [0.2, 0.25) is 0 Å². The smallest absolute Gasteiger partial charge is 0.460 e. The van der Waals surface area contributed by atoms with E-state index in [0.29, 0.717) is 13.4 Å². The molecule has 22 heteroatoms. The van der Waals surface area contributed by atoms with Gasteiger partial charge in [-0.3, -0.25) is 4.79 Å². The van der Waals surface area contributed by atoms with Gasteiger partial charge in [0, 0.05) is 12.6 Å². The Morgan fingerprint density at radius 1 is 0.872 bits per heavy atom. The van der Waals surface area contributed by atoms with Crippen molar-refractivity contribution >= 4 is 17.8 Å². The van der Waals surface area contributed by atoms with Crippen LogP contribution in [0.15, 0.2) is 12.5 Å². The van der Waals surface area contributed by atoms with E-state index in [1.165, 1.54) is 0 Å². The first-order valence-electron chi connectivity index (χ1n) is 9.56. The third-order valence-electron chi connectivity index (χ3n) is 4.52. The lowest BCUT2D eigenvalue weighted by Gasteiger charge is -2.28. The second-order valence-electron chi connectivity index (χ2n) is 7.29. The van der Waals surface area contributed by atoms with Crippen molar-refractivity contribution in [2.24, 2.45) is 0 Å². The molecule has 1 amide bonds. The van der Waals surface area contributed by atoms with Crippen molar-refractivity contribution < 1.29 is 85.3 Å². The summed E-state index contributed by atoms with van der Waals surface area (Å²) in [5.74, 6) is -34.5. The second kappa shape index (κ2) is 11.0. The van der Waals surface area contributed by atoms with Crippen LogP contribution in [0.3, 0.4) is 0 Å². The number of halogens is 14.